The Kier molecular flexibility index (Phi) is 4.32. The Balaban J connectivity index is 2.24. The van der Waals surface area contributed by atoms with Crippen LogP contribution in [0.1, 0.15) is 16.1 Å². The number of aromatic amines is 1. The molecule has 2 heterocycles. The maximum absolute atomic E-state index is 12.3. The Morgan fingerprint density at radius 1 is 1.50 bits per heavy atom. The van der Waals surface area contributed by atoms with Crippen molar-refractivity contribution in [2.24, 2.45) is 7.05 Å². The molecule has 0 saturated carbocycles. The van der Waals surface area contributed by atoms with Gasteiger partial charge in [-0.3, -0.25) is 19.7 Å². The number of amides is 1. The van der Waals surface area contributed by atoms with E-state index in [2.05, 4.69) is 4.98 Å². The number of hydrogen-bond acceptors (Lipinski definition) is 4. The zero-order valence-corrected chi connectivity index (χ0v) is 12.6. The van der Waals surface area contributed by atoms with Crippen molar-refractivity contribution in [3.8, 4) is 0 Å². The van der Waals surface area contributed by atoms with Crippen LogP contribution in [-0.4, -0.2) is 32.3 Å². The van der Waals surface area contributed by atoms with E-state index < -0.39 is 22.1 Å². The van der Waals surface area contributed by atoms with Crippen LogP contribution in [0.4, 0.5) is 5.69 Å². The molecule has 0 aliphatic carbocycles. The maximum Gasteiger partial charge on any atom is 0.334 e. The zero-order valence-electron chi connectivity index (χ0n) is 11.9. The van der Waals surface area contributed by atoms with Crippen molar-refractivity contribution >= 4 is 23.2 Å². The van der Waals surface area contributed by atoms with E-state index >= 15 is 0 Å². The molecule has 0 aliphatic rings. The molecule has 1 amide bonds. The number of carbonyl (C=O) groups is 1. The molecule has 0 bridgehead atoms. The maximum atomic E-state index is 12.3. The molecule has 0 fully saturated rings. The molecular weight excluding hydrogens is 312 g/mol. The van der Waals surface area contributed by atoms with E-state index in [-0.39, 0.29) is 12.1 Å². The van der Waals surface area contributed by atoms with Gasteiger partial charge in [0.25, 0.3) is 5.91 Å². The second kappa shape index (κ2) is 6.02. The normalized spacial score (nSPS) is 10.5. The highest BCUT2D eigenvalue weighted by molar-refractivity contribution is 6.30. The zero-order chi connectivity index (χ0) is 16.4. The first-order chi connectivity index (χ1) is 10.3. The number of halogens is 1. The largest absolute Gasteiger partial charge is 0.351 e. The lowest BCUT2D eigenvalue weighted by molar-refractivity contribution is -0.386. The average Bonchev–Trinajstić information content (AvgIpc) is 2.76. The molecule has 0 aromatic carbocycles. The summed E-state index contributed by atoms with van der Waals surface area (Å²) in [5.41, 5.74) is -0.673. The Hall–Kier alpha value is -2.61. The van der Waals surface area contributed by atoms with Crippen LogP contribution in [0, 0.1) is 10.1 Å². The van der Waals surface area contributed by atoms with Crippen LogP contribution in [0.5, 0.6) is 0 Å². The summed E-state index contributed by atoms with van der Waals surface area (Å²) in [6, 6.07) is 2.69. The second-order valence-corrected chi connectivity index (χ2v) is 5.22. The van der Waals surface area contributed by atoms with Crippen molar-refractivity contribution < 1.29 is 9.72 Å². The van der Waals surface area contributed by atoms with Gasteiger partial charge in [0.05, 0.1) is 22.1 Å². The summed E-state index contributed by atoms with van der Waals surface area (Å²) in [6.07, 6.45) is 2.87. The molecule has 0 unspecified atom stereocenters. The minimum atomic E-state index is -0.849. The van der Waals surface area contributed by atoms with Crippen molar-refractivity contribution in [2.45, 2.75) is 6.54 Å². The van der Waals surface area contributed by atoms with Crippen LogP contribution in [0.2, 0.25) is 5.02 Å². The van der Waals surface area contributed by atoms with E-state index in [1.807, 2.05) is 0 Å². The van der Waals surface area contributed by atoms with E-state index in [1.54, 1.807) is 30.9 Å². The Labute approximate surface area is 130 Å². The lowest BCUT2D eigenvalue weighted by Crippen LogP contribution is -2.28. The molecule has 0 saturated heterocycles. The fraction of sp³-hybridized carbons (Fsp3) is 0.231. The van der Waals surface area contributed by atoms with Crippen LogP contribution in [-0.2, 0) is 13.6 Å². The number of rotatable bonds is 4. The Morgan fingerprint density at radius 2 is 2.18 bits per heavy atom. The van der Waals surface area contributed by atoms with Crippen molar-refractivity contribution in [1.29, 1.82) is 0 Å². The summed E-state index contributed by atoms with van der Waals surface area (Å²) in [4.78, 5) is 37.1. The van der Waals surface area contributed by atoms with E-state index in [9.17, 15) is 19.7 Å². The summed E-state index contributed by atoms with van der Waals surface area (Å²) in [5.74, 6) is -0.448. The van der Waals surface area contributed by atoms with Crippen LogP contribution >= 0.6 is 11.6 Å². The number of carbonyl (C=O) groups excluding carboxylic acids is 1. The predicted molar refractivity (Wildman–Crippen MR) is 79.9 cm³/mol. The quantitative estimate of drug-likeness (QED) is 0.681. The van der Waals surface area contributed by atoms with Gasteiger partial charge in [0.2, 0.25) is 0 Å². The third-order valence-electron chi connectivity index (χ3n) is 3.15. The predicted octanol–water partition coefficient (Wildman–Crippen LogP) is 1.55. The Morgan fingerprint density at radius 3 is 2.73 bits per heavy atom. The molecule has 0 spiro atoms. The monoisotopic (exact) mass is 324 g/mol. The fourth-order valence-electron chi connectivity index (χ4n) is 1.99. The number of nitrogens with one attached hydrogen (secondary N) is 1. The van der Waals surface area contributed by atoms with Gasteiger partial charge in [0, 0.05) is 38.2 Å². The van der Waals surface area contributed by atoms with Gasteiger partial charge in [-0.2, -0.15) is 0 Å². The first-order valence-electron chi connectivity index (χ1n) is 6.23. The smallest absolute Gasteiger partial charge is 0.334 e. The number of aryl methyl sites for hydroxylation is 1. The molecule has 2 aromatic heterocycles. The van der Waals surface area contributed by atoms with Crippen LogP contribution in [0.15, 0.2) is 29.3 Å². The van der Waals surface area contributed by atoms with E-state index in [1.165, 1.54) is 4.90 Å². The summed E-state index contributed by atoms with van der Waals surface area (Å²) in [6.45, 7) is 0.273. The van der Waals surface area contributed by atoms with Crippen molar-refractivity contribution in [3.63, 3.8) is 0 Å². The third-order valence-corrected chi connectivity index (χ3v) is 3.35. The summed E-state index contributed by atoms with van der Waals surface area (Å²) < 4.78 is 1.78. The van der Waals surface area contributed by atoms with Gasteiger partial charge in [-0.15, -0.1) is 0 Å². The summed E-state index contributed by atoms with van der Waals surface area (Å²) in [7, 11) is 3.35. The van der Waals surface area contributed by atoms with Gasteiger partial charge in [0.15, 0.2) is 0 Å². The first-order valence-corrected chi connectivity index (χ1v) is 6.60. The lowest BCUT2D eigenvalue weighted by atomic mass is 10.2. The SMILES string of the molecule is CN(Cc1cc(Cl)cn1C)C(=O)c1c[nH]c(=O)c([N+](=O)[O-])c1. The standard InChI is InChI=1S/C13H13ClN4O4/c1-16-6-9(14)4-10(16)7-17(2)13(20)8-3-11(18(21)22)12(19)15-5-8/h3-6H,7H2,1-2H3,(H,15,19). The van der Waals surface area contributed by atoms with Crippen molar-refractivity contribution in [3.05, 3.63) is 61.3 Å². The molecule has 9 heteroatoms. The molecule has 0 aliphatic heterocycles. The highest BCUT2D eigenvalue weighted by Crippen LogP contribution is 2.15. The average molecular weight is 325 g/mol. The Bertz CT molecular complexity index is 796. The molecule has 2 aromatic rings. The highest BCUT2D eigenvalue weighted by atomic mass is 35.5. The number of H-pyrrole nitrogens is 1. The number of pyridine rings is 1. The minimum Gasteiger partial charge on any atom is -0.351 e. The highest BCUT2D eigenvalue weighted by Gasteiger charge is 2.19. The number of hydrogen-bond donors (Lipinski definition) is 1. The van der Waals surface area contributed by atoms with Gasteiger partial charge < -0.3 is 14.5 Å². The van der Waals surface area contributed by atoms with E-state index in [4.69, 9.17) is 11.6 Å². The molecule has 22 heavy (non-hydrogen) atoms. The molecule has 116 valence electrons. The van der Waals surface area contributed by atoms with Crippen molar-refractivity contribution in [1.82, 2.24) is 14.5 Å². The number of aromatic nitrogens is 2. The summed E-state index contributed by atoms with van der Waals surface area (Å²) in [5, 5.41) is 11.3. The van der Waals surface area contributed by atoms with Gasteiger partial charge in [0.1, 0.15) is 0 Å². The van der Waals surface area contributed by atoms with Crippen LogP contribution < -0.4 is 5.56 Å². The van der Waals surface area contributed by atoms with E-state index in [0.717, 1.165) is 18.0 Å². The van der Waals surface area contributed by atoms with Gasteiger partial charge in [-0.25, -0.2) is 0 Å². The molecule has 2 rings (SSSR count). The molecule has 8 nitrogen and oxygen atoms in total. The second-order valence-electron chi connectivity index (χ2n) is 4.78. The van der Waals surface area contributed by atoms with E-state index in [0.29, 0.717) is 5.02 Å². The topological polar surface area (TPSA) is 101 Å². The summed E-state index contributed by atoms with van der Waals surface area (Å²) >= 11 is 5.88. The molecular formula is C13H13ClN4O4. The minimum absolute atomic E-state index is 0.0362. The van der Waals surface area contributed by atoms with Crippen LogP contribution in [0.3, 0.4) is 0 Å². The van der Waals surface area contributed by atoms with Crippen LogP contribution in [0.25, 0.3) is 0 Å². The third kappa shape index (κ3) is 3.17. The first kappa shape index (κ1) is 15.8. The molecule has 0 radical (unpaired) electrons. The lowest BCUT2D eigenvalue weighted by Gasteiger charge is -2.17. The molecule has 0 atom stereocenters. The fourth-order valence-corrected chi connectivity index (χ4v) is 2.26. The van der Waals surface area contributed by atoms with Gasteiger partial charge in [-0.05, 0) is 6.07 Å². The number of nitrogens with zero attached hydrogens (tertiary/aromatic N) is 3. The number of nitro groups is 1. The van der Waals surface area contributed by atoms with Gasteiger partial charge >= 0.3 is 11.2 Å². The van der Waals surface area contributed by atoms with Crippen molar-refractivity contribution in [2.75, 3.05) is 7.05 Å². The molecule has 1 N–H and O–H groups in total. The van der Waals surface area contributed by atoms with Gasteiger partial charge in [-0.1, -0.05) is 11.6 Å².